The van der Waals surface area contributed by atoms with Crippen molar-refractivity contribution in [3.05, 3.63) is 35.9 Å². The predicted octanol–water partition coefficient (Wildman–Crippen LogP) is 0.878. The zero-order chi connectivity index (χ0) is 14.4. The van der Waals surface area contributed by atoms with Crippen molar-refractivity contribution in [1.29, 1.82) is 0 Å². The lowest BCUT2D eigenvalue weighted by atomic mass is 10.0. The molecular weight excluding hydrogens is 244 g/mol. The van der Waals surface area contributed by atoms with E-state index in [1.165, 1.54) is 11.9 Å². The van der Waals surface area contributed by atoms with Crippen molar-refractivity contribution in [1.82, 2.24) is 4.90 Å². The van der Waals surface area contributed by atoms with Gasteiger partial charge in [-0.3, -0.25) is 4.79 Å². The summed E-state index contributed by atoms with van der Waals surface area (Å²) in [6, 6.07) is 7.88. The van der Waals surface area contributed by atoms with E-state index in [9.17, 15) is 9.59 Å². The Bertz CT molecular complexity index is 434. The van der Waals surface area contributed by atoms with Gasteiger partial charge in [0.2, 0.25) is 5.91 Å². The Morgan fingerprint density at radius 3 is 2.37 bits per heavy atom. The molecule has 104 valence electrons. The van der Waals surface area contributed by atoms with Crippen molar-refractivity contribution in [2.45, 2.75) is 31.8 Å². The molecule has 1 amide bonds. The fourth-order valence-electron chi connectivity index (χ4n) is 1.98. The van der Waals surface area contributed by atoms with Crippen LogP contribution in [-0.4, -0.2) is 41.0 Å². The lowest BCUT2D eigenvalue weighted by Gasteiger charge is -2.26. The van der Waals surface area contributed by atoms with E-state index in [0.717, 1.165) is 5.56 Å². The van der Waals surface area contributed by atoms with Crippen LogP contribution < -0.4 is 5.73 Å². The summed E-state index contributed by atoms with van der Waals surface area (Å²) in [5, 5.41) is 9.03. The Morgan fingerprint density at radius 2 is 1.89 bits per heavy atom. The van der Waals surface area contributed by atoms with Gasteiger partial charge in [0.05, 0.1) is 6.04 Å². The molecular formula is C14H20N2O3. The molecule has 5 nitrogen and oxygen atoms in total. The number of carboxylic acids is 1. The van der Waals surface area contributed by atoms with Gasteiger partial charge in [0, 0.05) is 7.05 Å². The van der Waals surface area contributed by atoms with Gasteiger partial charge in [-0.25, -0.2) is 4.79 Å². The Labute approximate surface area is 113 Å². The van der Waals surface area contributed by atoms with Crippen molar-refractivity contribution < 1.29 is 14.7 Å². The highest BCUT2D eigenvalue weighted by atomic mass is 16.4. The van der Waals surface area contributed by atoms with E-state index in [1.807, 2.05) is 30.3 Å². The van der Waals surface area contributed by atoms with Gasteiger partial charge in [-0.15, -0.1) is 0 Å². The van der Waals surface area contributed by atoms with Crippen molar-refractivity contribution in [3.8, 4) is 0 Å². The van der Waals surface area contributed by atoms with Gasteiger partial charge in [-0.05, 0) is 18.4 Å². The van der Waals surface area contributed by atoms with Gasteiger partial charge in [0.15, 0.2) is 0 Å². The highest BCUT2D eigenvalue weighted by Crippen LogP contribution is 2.08. The molecule has 0 saturated carbocycles. The molecule has 3 N–H and O–H groups in total. The zero-order valence-corrected chi connectivity index (χ0v) is 11.2. The molecule has 0 spiro atoms. The molecule has 1 aromatic rings. The van der Waals surface area contributed by atoms with Crippen LogP contribution in [0.4, 0.5) is 0 Å². The first kappa shape index (κ1) is 15.2. The Kier molecular flexibility index (Phi) is 5.51. The molecule has 1 aromatic carbocycles. The van der Waals surface area contributed by atoms with E-state index in [1.54, 1.807) is 6.92 Å². The van der Waals surface area contributed by atoms with Crippen molar-refractivity contribution in [2.24, 2.45) is 5.73 Å². The number of carbonyl (C=O) groups is 2. The maximum absolute atomic E-state index is 12.1. The molecule has 1 rings (SSSR count). The zero-order valence-electron chi connectivity index (χ0n) is 11.2. The molecule has 0 saturated heterocycles. The summed E-state index contributed by atoms with van der Waals surface area (Å²) < 4.78 is 0. The van der Waals surface area contributed by atoms with E-state index < -0.39 is 18.1 Å². The molecule has 0 aromatic heterocycles. The largest absolute Gasteiger partial charge is 0.480 e. The van der Waals surface area contributed by atoms with Crippen LogP contribution in [-0.2, 0) is 16.0 Å². The standard InChI is InChI=1S/C14H20N2O3/c1-3-12(14(18)19)16(2)13(17)11(15)9-10-7-5-4-6-8-10/h4-8,11-12H,3,9,15H2,1-2H3,(H,18,19)/t11-,12?/m0/s1. The highest BCUT2D eigenvalue weighted by Gasteiger charge is 2.28. The minimum absolute atomic E-state index is 0.349. The highest BCUT2D eigenvalue weighted by molar-refractivity contribution is 5.86. The number of carbonyl (C=O) groups excluding carboxylic acids is 1. The number of carboxylic acid groups (broad SMARTS) is 1. The third-order valence-corrected chi connectivity index (χ3v) is 3.10. The molecule has 0 bridgehead atoms. The normalized spacial score (nSPS) is 13.6. The summed E-state index contributed by atoms with van der Waals surface area (Å²) in [6.07, 6.45) is 0.760. The van der Waals surface area contributed by atoms with Crippen molar-refractivity contribution >= 4 is 11.9 Å². The lowest BCUT2D eigenvalue weighted by molar-refractivity contribution is -0.149. The number of likely N-dealkylation sites (N-methyl/N-ethyl adjacent to an activating group) is 1. The van der Waals surface area contributed by atoms with E-state index in [4.69, 9.17) is 10.8 Å². The number of hydrogen-bond acceptors (Lipinski definition) is 3. The van der Waals surface area contributed by atoms with Gasteiger partial charge in [-0.2, -0.15) is 0 Å². The summed E-state index contributed by atoms with van der Waals surface area (Å²) in [5.41, 5.74) is 6.82. The van der Waals surface area contributed by atoms with Crippen LogP contribution in [0.1, 0.15) is 18.9 Å². The lowest BCUT2D eigenvalue weighted by Crippen LogP contribution is -2.49. The molecule has 2 atom stereocenters. The van der Waals surface area contributed by atoms with Crippen molar-refractivity contribution in [3.63, 3.8) is 0 Å². The van der Waals surface area contributed by atoms with Crippen LogP contribution in [0.25, 0.3) is 0 Å². The average Bonchev–Trinajstić information content (AvgIpc) is 2.39. The summed E-state index contributed by atoms with van der Waals surface area (Å²) in [5.74, 6) is -1.36. The number of aliphatic carboxylic acids is 1. The summed E-state index contributed by atoms with van der Waals surface area (Å²) in [7, 11) is 1.48. The van der Waals surface area contributed by atoms with E-state index in [2.05, 4.69) is 0 Å². The number of nitrogens with two attached hydrogens (primary N) is 1. The minimum atomic E-state index is -1.01. The van der Waals surface area contributed by atoms with Crippen molar-refractivity contribution in [2.75, 3.05) is 7.05 Å². The molecule has 5 heteroatoms. The van der Waals surface area contributed by atoms with Gasteiger partial charge in [0.1, 0.15) is 6.04 Å². The molecule has 0 fully saturated rings. The predicted molar refractivity (Wildman–Crippen MR) is 72.6 cm³/mol. The van der Waals surface area contributed by atoms with Gasteiger partial charge in [-0.1, -0.05) is 37.3 Å². The van der Waals surface area contributed by atoms with Crippen LogP contribution >= 0.6 is 0 Å². The quantitative estimate of drug-likeness (QED) is 0.799. The van der Waals surface area contributed by atoms with Crippen LogP contribution in [0, 0.1) is 0 Å². The smallest absolute Gasteiger partial charge is 0.326 e. The van der Waals surface area contributed by atoms with Gasteiger partial charge < -0.3 is 15.7 Å². The molecule has 0 radical (unpaired) electrons. The molecule has 1 unspecified atom stereocenters. The summed E-state index contributed by atoms with van der Waals surface area (Å²) in [4.78, 5) is 24.3. The Hall–Kier alpha value is -1.88. The molecule has 0 aliphatic heterocycles. The number of rotatable bonds is 6. The maximum atomic E-state index is 12.1. The monoisotopic (exact) mass is 264 g/mol. The average molecular weight is 264 g/mol. The van der Waals surface area contributed by atoms with Gasteiger partial charge >= 0.3 is 5.97 Å². The third-order valence-electron chi connectivity index (χ3n) is 3.10. The van der Waals surface area contributed by atoms with E-state index >= 15 is 0 Å². The van der Waals surface area contributed by atoms with Crippen LogP contribution in [0.3, 0.4) is 0 Å². The second-order valence-electron chi connectivity index (χ2n) is 4.51. The Morgan fingerprint density at radius 1 is 1.32 bits per heavy atom. The fourth-order valence-corrected chi connectivity index (χ4v) is 1.98. The molecule has 0 aliphatic carbocycles. The first-order valence-electron chi connectivity index (χ1n) is 6.26. The van der Waals surface area contributed by atoms with Crippen LogP contribution in [0.2, 0.25) is 0 Å². The van der Waals surface area contributed by atoms with E-state index in [0.29, 0.717) is 12.8 Å². The first-order chi connectivity index (χ1) is 8.97. The number of nitrogens with zero attached hydrogens (tertiary/aromatic N) is 1. The summed E-state index contributed by atoms with van der Waals surface area (Å²) >= 11 is 0. The summed E-state index contributed by atoms with van der Waals surface area (Å²) in [6.45, 7) is 1.73. The van der Waals surface area contributed by atoms with Gasteiger partial charge in [0.25, 0.3) is 0 Å². The number of hydrogen-bond donors (Lipinski definition) is 2. The molecule has 0 heterocycles. The second-order valence-corrected chi connectivity index (χ2v) is 4.51. The topological polar surface area (TPSA) is 83.6 Å². The maximum Gasteiger partial charge on any atom is 0.326 e. The number of amides is 1. The third kappa shape index (κ3) is 4.06. The second kappa shape index (κ2) is 6.89. The molecule has 0 aliphatic rings. The molecule has 19 heavy (non-hydrogen) atoms. The first-order valence-corrected chi connectivity index (χ1v) is 6.26. The van der Waals surface area contributed by atoms with E-state index in [-0.39, 0.29) is 5.91 Å². The number of benzene rings is 1. The fraction of sp³-hybridized carbons (Fsp3) is 0.429. The van der Waals surface area contributed by atoms with Crippen LogP contribution in [0.15, 0.2) is 30.3 Å². The Balaban J connectivity index is 2.68. The van der Waals surface area contributed by atoms with Crippen LogP contribution in [0.5, 0.6) is 0 Å². The minimum Gasteiger partial charge on any atom is -0.480 e. The SMILES string of the molecule is CCC(C(=O)O)N(C)C(=O)[C@@H](N)Cc1ccccc1.